The Morgan fingerprint density at radius 3 is 2.38 bits per heavy atom. The molecule has 1 saturated heterocycles. The lowest BCUT2D eigenvalue weighted by Gasteiger charge is -2.34. The predicted molar refractivity (Wildman–Crippen MR) is 107 cm³/mol. The maximum absolute atomic E-state index is 12.4. The number of hydrogen-bond acceptors (Lipinski definition) is 7. The van der Waals surface area contributed by atoms with E-state index in [9.17, 15) is 9.59 Å². The van der Waals surface area contributed by atoms with Crippen LogP contribution in [0, 0.1) is 0 Å². The maximum atomic E-state index is 12.4. The fourth-order valence-corrected chi connectivity index (χ4v) is 3.13. The first kappa shape index (κ1) is 20.4. The molecule has 29 heavy (non-hydrogen) atoms. The SMILES string of the molecule is COc1ccc(CC(=O)NCC(=O)N2CCN(c3ncccn3)CC2)cc1OC. The molecule has 154 valence electrons. The summed E-state index contributed by atoms with van der Waals surface area (Å²) in [5.41, 5.74) is 0.782. The minimum absolute atomic E-state index is 0.0199. The monoisotopic (exact) mass is 399 g/mol. The van der Waals surface area contributed by atoms with Crippen molar-refractivity contribution >= 4 is 17.8 Å². The first-order valence-corrected chi connectivity index (χ1v) is 9.38. The zero-order valence-electron chi connectivity index (χ0n) is 16.6. The molecule has 1 aromatic carbocycles. The molecule has 2 heterocycles. The largest absolute Gasteiger partial charge is 0.493 e. The molecule has 1 N–H and O–H groups in total. The molecule has 1 aromatic heterocycles. The van der Waals surface area contributed by atoms with Gasteiger partial charge in [0.25, 0.3) is 0 Å². The topological polar surface area (TPSA) is 96.9 Å². The third-order valence-electron chi connectivity index (χ3n) is 4.72. The van der Waals surface area contributed by atoms with Crippen LogP contribution >= 0.6 is 0 Å². The summed E-state index contributed by atoms with van der Waals surface area (Å²) in [4.78, 5) is 36.9. The number of carbonyl (C=O) groups excluding carboxylic acids is 2. The summed E-state index contributed by atoms with van der Waals surface area (Å²) in [6.07, 6.45) is 3.56. The van der Waals surface area contributed by atoms with Crippen molar-refractivity contribution in [2.75, 3.05) is 51.8 Å². The van der Waals surface area contributed by atoms with Crippen LogP contribution in [0.15, 0.2) is 36.7 Å². The average Bonchev–Trinajstić information content (AvgIpc) is 2.78. The van der Waals surface area contributed by atoms with Crippen molar-refractivity contribution in [1.82, 2.24) is 20.2 Å². The van der Waals surface area contributed by atoms with Gasteiger partial charge in [-0.15, -0.1) is 0 Å². The summed E-state index contributed by atoms with van der Waals surface area (Å²) >= 11 is 0. The summed E-state index contributed by atoms with van der Waals surface area (Å²) in [7, 11) is 3.10. The lowest BCUT2D eigenvalue weighted by Crippen LogP contribution is -2.51. The minimum Gasteiger partial charge on any atom is -0.493 e. The number of methoxy groups -OCH3 is 2. The van der Waals surface area contributed by atoms with Gasteiger partial charge in [-0.2, -0.15) is 0 Å². The van der Waals surface area contributed by atoms with E-state index in [4.69, 9.17) is 9.47 Å². The van der Waals surface area contributed by atoms with E-state index >= 15 is 0 Å². The third-order valence-corrected chi connectivity index (χ3v) is 4.72. The Balaban J connectivity index is 1.44. The number of nitrogens with zero attached hydrogens (tertiary/aromatic N) is 4. The standard InChI is InChI=1S/C20H25N5O4/c1-28-16-5-4-15(12-17(16)29-2)13-18(26)23-14-19(27)24-8-10-25(11-9-24)20-21-6-3-7-22-20/h3-7,12H,8-11,13-14H2,1-2H3,(H,23,26). The second-order valence-corrected chi connectivity index (χ2v) is 6.56. The van der Waals surface area contributed by atoms with Crippen LogP contribution in [-0.4, -0.2) is 73.6 Å². The molecule has 0 unspecified atom stereocenters. The van der Waals surface area contributed by atoms with Crippen molar-refractivity contribution in [2.24, 2.45) is 0 Å². The van der Waals surface area contributed by atoms with Crippen LogP contribution in [0.2, 0.25) is 0 Å². The van der Waals surface area contributed by atoms with Crippen LogP contribution in [0.5, 0.6) is 11.5 Å². The number of benzene rings is 1. The molecule has 0 spiro atoms. The molecule has 9 nitrogen and oxygen atoms in total. The summed E-state index contributed by atoms with van der Waals surface area (Å²) < 4.78 is 10.4. The van der Waals surface area contributed by atoms with Gasteiger partial charge in [0.1, 0.15) is 0 Å². The van der Waals surface area contributed by atoms with Crippen LogP contribution in [0.4, 0.5) is 5.95 Å². The lowest BCUT2D eigenvalue weighted by molar-refractivity contribution is -0.133. The highest BCUT2D eigenvalue weighted by Crippen LogP contribution is 2.27. The third kappa shape index (κ3) is 5.34. The molecule has 0 radical (unpaired) electrons. The molecule has 0 aliphatic carbocycles. The van der Waals surface area contributed by atoms with Crippen LogP contribution in [0.1, 0.15) is 5.56 Å². The second kappa shape index (κ2) is 9.72. The fraction of sp³-hybridized carbons (Fsp3) is 0.400. The van der Waals surface area contributed by atoms with E-state index in [1.54, 1.807) is 55.8 Å². The molecule has 2 amide bonds. The molecule has 1 aliphatic rings. The fourth-order valence-electron chi connectivity index (χ4n) is 3.13. The van der Waals surface area contributed by atoms with Crippen molar-refractivity contribution in [2.45, 2.75) is 6.42 Å². The van der Waals surface area contributed by atoms with Crippen LogP contribution in [-0.2, 0) is 16.0 Å². The Bertz CT molecular complexity index is 838. The number of rotatable bonds is 7. The number of nitrogens with one attached hydrogen (secondary N) is 1. The van der Waals surface area contributed by atoms with Crippen molar-refractivity contribution in [3.8, 4) is 11.5 Å². The van der Waals surface area contributed by atoms with Gasteiger partial charge in [0.2, 0.25) is 17.8 Å². The Morgan fingerprint density at radius 2 is 1.72 bits per heavy atom. The Labute approximate surface area is 169 Å². The number of anilines is 1. The van der Waals surface area contributed by atoms with E-state index in [0.29, 0.717) is 43.6 Å². The van der Waals surface area contributed by atoms with Gasteiger partial charge >= 0.3 is 0 Å². The second-order valence-electron chi connectivity index (χ2n) is 6.56. The highest BCUT2D eigenvalue weighted by Gasteiger charge is 2.22. The molecule has 9 heteroatoms. The van der Waals surface area contributed by atoms with Gasteiger partial charge in [-0.25, -0.2) is 9.97 Å². The van der Waals surface area contributed by atoms with Crippen molar-refractivity contribution in [1.29, 1.82) is 0 Å². The Hall–Kier alpha value is -3.36. The Kier molecular flexibility index (Phi) is 6.83. The molecule has 0 bridgehead atoms. The summed E-state index contributed by atoms with van der Waals surface area (Å²) in [6.45, 7) is 2.45. The molecular weight excluding hydrogens is 374 g/mol. The van der Waals surface area contributed by atoms with Gasteiger partial charge in [-0.1, -0.05) is 6.07 Å². The van der Waals surface area contributed by atoms with Gasteiger partial charge in [0, 0.05) is 38.6 Å². The number of ether oxygens (including phenoxy) is 2. The van der Waals surface area contributed by atoms with Gasteiger partial charge in [-0.05, 0) is 23.8 Å². The van der Waals surface area contributed by atoms with E-state index in [1.807, 2.05) is 4.90 Å². The van der Waals surface area contributed by atoms with E-state index in [-0.39, 0.29) is 24.8 Å². The molecule has 2 aromatic rings. The van der Waals surface area contributed by atoms with Gasteiger partial charge in [-0.3, -0.25) is 9.59 Å². The maximum Gasteiger partial charge on any atom is 0.242 e. The van der Waals surface area contributed by atoms with E-state index in [0.717, 1.165) is 5.56 Å². The molecule has 0 atom stereocenters. The molecule has 3 rings (SSSR count). The van der Waals surface area contributed by atoms with Crippen LogP contribution in [0.3, 0.4) is 0 Å². The van der Waals surface area contributed by atoms with Crippen molar-refractivity contribution in [3.63, 3.8) is 0 Å². The van der Waals surface area contributed by atoms with Crippen molar-refractivity contribution < 1.29 is 19.1 Å². The molecular formula is C20H25N5O4. The highest BCUT2D eigenvalue weighted by molar-refractivity contribution is 5.86. The number of amides is 2. The summed E-state index contributed by atoms with van der Waals surface area (Å²) in [5, 5.41) is 2.70. The number of hydrogen-bond donors (Lipinski definition) is 1. The van der Waals surface area contributed by atoms with Gasteiger partial charge in [0.05, 0.1) is 27.2 Å². The molecule has 1 fully saturated rings. The normalized spacial score (nSPS) is 13.7. The van der Waals surface area contributed by atoms with E-state index in [2.05, 4.69) is 15.3 Å². The highest BCUT2D eigenvalue weighted by atomic mass is 16.5. The molecule has 0 saturated carbocycles. The predicted octanol–water partition coefficient (Wildman–Crippen LogP) is 0.501. The zero-order valence-corrected chi connectivity index (χ0v) is 16.6. The first-order chi connectivity index (χ1) is 14.1. The number of piperazine rings is 1. The first-order valence-electron chi connectivity index (χ1n) is 9.38. The zero-order chi connectivity index (χ0) is 20.6. The number of aromatic nitrogens is 2. The van der Waals surface area contributed by atoms with Crippen LogP contribution in [0.25, 0.3) is 0 Å². The van der Waals surface area contributed by atoms with Crippen molar-refractivity contribution in [3.05, 3.63) is 42.2 Å². The van der Waals surface area contributed by atoms with Crippen LogP contribution < -0.4 is 19.7 Å². The summed E-state index contributed by atoms with van der Waals surface area (Å²) in [6, 6.07) is 7.08. The smallest absolute Gasteiger partial charge is 0.242 e. The van der Waals surface area contributed by atoms with E-state index < -0.39 is 0 Å². The lowest BCUT2D eigenvalue weighted by atomic mass is 10.1. The van der Waals surface area contributed by atoms with E-state index in [1.165, 1.54) is 0 Å². The Morgan fingerprint density at radius 1 is 1.03 bits per heavy atom. The van der Waals surface area contributed by atoms with Gasteiger partial charge < -0.3 is 24.6 Å². The quantitative estimate of drug-likeness (QED) is 0.724. The number of carbonyl (C=O) groups is 2. The summed E-state index contributed by atoms with van der Waals surface area (Å²) in [5.74, 6) is 1.52. The van der Waals surface area contributed by atoms with Gasteiger partial charge in [0.15, 0.2) is 11.5 Å². The average molecular weight is 399 g/mol. The molecule has 1 aliphatic heterocycles. The minimum atomic E-state index is -0.220.